The summed E-state index contributed by atoms with van der Waals surface area (Å²) in [7, 11) is 0. The van der Waals surface area contributed by atoms with Gasteiger partial charge >= 0.3 is 0 Å². The SMILES string of the molecule is Cc1cc(C)c(-c2ccc(CNC(C)C)c(F)c2)cc1C. The Kier molecular flexibility index (Phi) is 4.79. The van der Waals surface area contributed by atoms with E-state index in [9.17, 15) is 4.39 Å². The van der Waals surface area contributed by atoms with Crippen molar-refractivity contribution in [1.82, 2.24) is 5.32 Å². The van der Waals surface area contributed by atoms with E-state index < -0.39 is 0 Å². The van der Waals surface area contributed by atoms with Crippen LogP contribution in [0.2, 0.25) is 0 Å². The number of hydrogen-bond donors (Lipinski definition) is 1. The van der Waals surface area contributed by atoms with Crippen LogP contribution < -0.4 is 5.32 Å². The van der Waals surface area contributed by atoms with Crippen LogP contribution in [-0.4, -0.2) is 6.04 Å². The minimum atomic E-state index is -0.140. The summed E-state index contributed by atoms with van der Waals surface area (Å²) in [6.07, 6.45) is 0. The van der Waals surface area contributed by atoms with Gasteiger partial charge in [-0.1, -0.05) is 38.1 Å². The van der Waals surface area contributed by atoms with Gasteiger partial charge in [0.05, 0.1) is 0 Å². The molecule has 2 rings (SSSR count). The van der Waals surface area contributed by atoms with Gasteiger partial charge in [0.2, 0.25) is 0 Å². The average Bonchev–Trinajstić information content (AvgIpc) is 2.41. The van der Waals surface area contributed by atoms with Crippen molar-refractivity contribution in [1.29, 1.82) is 0 Å². The minimum absolute atomic E-state index is 0.140. The number of rotatable bonds is 4. The fourth-order valence-electron chi connectivity index (χ4n) is 2.44. The van der Waals surface area contributed by atoms with Crippen LogP contribution in [0.15, 0.2) is 30.3 Å². The summed E-state index contributed by atoms with van der Waals surface area (Å²) in [6.45, 7) is 11.0. The maximum Gasteiger partial charge on any atom is 0.128 e. The van der Waals surface area contributed by atoms with Gasteiger partial charge in [0.15, 0.2) is 0 Å². The van der Waals surface area contributed by atoms with Crippen LogP contribution in [0.25, 0.3) is 11.1 Å². The molecule has 0 heterocycles. The fraction of sp³-hybridized carbons (Fsp3) is 0.368. The Balaban J connectivity index is 2.34. The summed E-state index contributed by atoms with van der Waals surface area (Å²) < 4.78 is 14.3. The van der Waals surface area contributed by atoms with Gasteiger partial charge in [-0.05, 0) is 54.7 Å². The van der Waals surface area contributed by atoms with E-state index in [2.05, 4.69) is 52.1 Å². The van der Waals surface area contributed by atoms with Crippen LogP contribution >= 0.6 is 0 Å². The molecular weight excluding hydrogens is 261 g/mol. The van der Waals surface area contributed by atoms with Gasteiger partial charge in [-0.2, -0.15) is 0 Å². The Morgan fingerprint density at radius 1 is 0.952 bits per heavy atom. The third-order valence-electron chi connectivity index (χ3n) is 3.91. The highest BCUT2D eigenvalue weighted by Gasteiger charge is 2.09. The Labute approximate surface area is 127 Å². The van der Waals surface area contributed by atoms with Crippen molar-refractivity contribution in [3.05, 3.63) is 58.4 Å². The van der Waals surface area contributed by atoms with Gasteiger partial charge in [0, 0.05) is 18.2 Å². The van der Waals surface area contributed by atoms with E-state index in [4.69, 9.17) is 0 Å². The lowest BCUT2D eigenvalue weighted by atomic mass is 9.95. The summed E-state index contributed by atoms with van der Waals surface area (Å²) >= 11 is 0. The average molecular weight is 285 g/mol. The molecule has 21 heavy (non-hydrogen) atoms. The van der Waals surface area contributed by atoms with E-state index in [0.29, 0.717) is 18.2 Å². The Morgan fingerprint density at radius 2 is 1.62 bits per heavy atom. The van der Waals surface area contributed by atoms with E-state index in [0.717, 1.165) is 11.1 Å². The molecule has 2 aromatic carbocycles. The van der Waals surface area contributed by atoms with E-state index >= 15 is 0 Å². The Hall–Kier alpha value is -1.67. The highest BCUT2D eigenvalue weighted by molar-refractivity contribution is 5.69. The zero-order valence-corrected chi connectivity index (χ0v) is 13.5. The molecule has 2 heteroatoms. The van der Waals surface area contributed by atoms with Crippen molar-refractivity contribution in [3.8, 4) is 11.1 Å². The van der Waals surface area contributed by atoms with E-state index in [1.165, 1.54) is 16.7 Å². The number of halogens is 1. The van der Waals surface area contributed by atoms with Crippen molar-refractivity contribution < 1.29 is 4.39 Å². The third-order valence-corrected chi connectivity index (χ3v) is 3.91. The molecular formula is C19H24FN. The number of hydrogen-bond acceptors (Lipinski definition) is 1. The molecule has 0 saturated heterocycles. The van der Waals surface area contributed by atoms with Crippen LogP contribution in [0.3, 0.4) is 0 Å². The first kappa shape index (κ1) is 15.7. The second-order valence-corrected chi connectivity index (χ2v) is 6.09. The van der Waals surface area contributed by atoms with Gasteiger partial charge in [0.1, 0.15) is 5.82 Å². The monoisotopic (exact) mass is 285 g/mol. The molecule has 0 aliphatic heterocycles. The van der Waals surface area contributed by atoms with Crippen molar-refractivity contribution in [2.24, 2.45) is 0 Å². The van der Waals surface area contributed by atoms with Crippen LogP contribution in [0.4, 0.5) is 4.39 Å². The molecule has 0 aliphatic carbocycles. The molecule has 0 spiro atoms. The molecule has 0 aromatic heterocycles. The molecule has 1 nitrogen and oxygen atoms in total. The molecule has 0 bridgehead atoms. The number of benzene rings is 2. The van der Waals surface area contributed by atoms with E-state index in [1.807, 2.05) is 12.1 Å². The molecule has 0 amide bonds. The summed E-state index contributed by atoms with van der Waals surface area (Å²) in [5.74, 6) is -0.140. The summed E-state index contributed by atoms with van der Waals surface area (Å²) in [6, 6.07) is 10.2. The highest BCUT2D eigenvalue weighted by atomic mass is 19.1. The Bertz CT molecular complexity index is 644. The normalized spacial score (nSPS) is 11.2. The summed E-state index contributed by atoms with van der Waals surface area (Å²) in [4.78, 5) is 0. The zero-order valence-electron chi connectivity index (χ0n) is 13.5. The molecule has 112 valence electrons. The van der Waals surface area contributed by atoms with Gasteiger partial charge in [-0.3, -0.25) is 0 Å². The van der Waals surface area contributed by atoms with Gasteiger partial charge in [0.25, 0.3) is 0 Å². The lowest BCUT2D eigenvalue weighted by Crippen LogP contribution is -2.22. The van der Waals surface area contributed by atoms with Crippen LogP contribution in [-0.2, 0) is 6.54 Å². The quantitative estimate of drug-likeness (QED) is 0.841. The summed E-state index contributed by atoms with van der Waals surface area (Å²) in [5, 5.41) is 3.25. The molecule has 2 aromatic rings. The molecule has 0 atom stereocenters. The lowest BCUT2D eigenvalue weighted by Gasteiger charge is -2.13. The first-order valence-electron chi connectivity index (χ1n) is 7.48. The molecule has 0 radical (unpaired) electrons. The maximum atomic E-state index is 14.3. The number of aryl methyl sites for hydroxylation is 3. The zero-order chi connectivity index (χ0) is 15.6. The predicted molar refractivity (Wildman–Crippen MR) is 88.0 cm³/mol. The minimum Gasteiger partial charge on any atom is -0.310 e. The topological polar surface area (TPSA) is 12.0 Å². The molecule has 0 fully saturated rings. The van der Waals surface area contributed by atoms with E-state index in [-0.39, 0.29) is 5.82 Å². The molecule has 1 N–H and O–H groups in total. The van der Waals surface area contributed by atoms with Crippen molar-refractivity contribution >= 4 is 0 Å². The lowest BCUT2D eigenvalue weighted by molar-refractivity contribution is 0.553. The van der Waals surface area contributed by atoms with Gasteiger partial charge in [-0.25, -0.2) is 4.39 Å². The van der Waals surface area contributed by atoms with Crippen molar-refractivity contribution in [2.45, 2.75) is 47.2 Å². The molecule has 0 unspecified atom stereocenters. The second kappa shape index (κ2) is 6.40. The molecule has 0 aliphatic rings. The largest absolute Gasteiger partial charge is 0.310 e. The maximum absolute atomic E-state index is 14.3. The van der Waals surface area contributed by atoms with E-state index in [1.54, 1.807) is 6.07 Å². The van der Waals surface area contributed by atoms with Crippen LogP contribution in [0.1, 0.15) is 36.1 Å². The summed E-state index contributed by atoms with van der Waals surface area (Å²) in [5.41, 5.74) is 6.47. The predicted octanol–water partition coefficient (Wildman–Crippen LogP) is 4.92. The first-order valence-corrected chi connectivity index (χ1v) is 7.48. The third kappa shape index (κ3) is 3.70. The number of nitrogens with one attached hydrogen (secondary N) is 1. The van der Waals surface area contributed by atoms with Crippen molar-refractivity contribution in [2.75, 3.05) is 0 Å². The van der Waals surface area contributed by atoms with Crippen LogP contribution in [0, 0.1) is 26.6 Å². The van der Waals surface area contributed by atoms with Gasteiger partial charge < -0.3 is 5.32 Å². The second-order valence-electron chi connectivity index (χ2n) is 6.09. The fourth-order valence-corrected chi connectivity index (χ4v) is 2.44. The Morgan fingerprint density at radius 3 is 2.24 bits per heavy atom. The van der Waals surface area contributed by atoms with Crippen molar-refractivity contribution in [3.63, 3.8) is 0 Å². The van der Waals surface area contributed by atoms with Gasteiger partial charge in [-0.15, -0.1) is 0 Å². The molecule has 0 saturated carbocycles. The van der Waals surface area contributed by atoms with Crippen LogP contribution in [0.5, 0.6) is 0 Å². The highest BCUT2D eigenvalue weighted by Crippen LogP contribution is 2.27. The first-order chi connectivity index (χ1) is 9.88. The standard InChI is InChI=1S/C19H24FN/c1-12(2)21-11-17-7-6-16(10-19(17)20)18-9-14(4)13(3)8-15(18)5/h6-10,12,21H,11H2,1-5H3. The smallest absolute Gasteiger partial charge is 0.128 e.